The third kappa shape index (κ3) is 3.91. The minimum atomic E-state index is -0.489. The van der Waals surface area contributed by atoms with E-state index in [1.54, 1.807) is 12.1 Å². The predicted octanol–water partition coefficient (Wildman–Crippen LogP) is 3.35. The number of aromatic nitrogens is 2. The van der Waals surface area contributed by atoms with E-state index in [0.717, 1.165) is 11.8 Å². The highest BCUT2D eigenvalue weighted by Gasteiger charge is 2.22. The number of hydrogen-bond donors (Lipinski definition) is 0. The molecule has 0 aliphatic heterocycles. The zero-order valence-electron chi connectivity index (χ0n) is 12.4. The molecule has 2 rings (SSSR count). The normalized spacial score (nSPS) is 11.4. The quantitative estimate of drug-likeness (QED) is 0.473. The number of Topliss-reactive ketones (excluding diaryl/α,β-unsaturated/α-hetero) is 1. The van der Waals surface area contributed by atoms with Crippen LogP contribution in [0.1, 0.15) is 20.8 Å². The minimum Gasteiger partial charge on any atom is -0.411 e. The summed E-state index contributed by atoms with van der Waals surface area (Å²) in [6.07, 6.45) is 0. The van der Waals surface area contributed by atoms with Crippen LogP contribution >= 0.6 is 11.8 Å². The van der Waals surface area contributed by atoms with Crippen LogP contribution in [0.15, 0.2) is 33.9 Å². The van der Waals surface area contributed by atoms with Crippen LogP contribution in [0.4, 0.5) is 5.69 Å². The van der Waals surface area contributed by atoms with E-state index in [9.17, 15) is 14.9 Å². The molecule has 116 valence electrons. The molecule has 7 nitrogen and oxygen atoms in total. The lowest BCUT2D eigenvalue weighted by Crippen LogP contribution is -2.21. The molecule has 0 N–H and O–H groups in total. The summed E-state index contributed by atoms with van der Waals surface area (Å²) in [6.45, 7) is 5.54. The van der Waals surface area contributed by atoms with Gasteiger partial charge in [-0.25, -0.2) is 0 Å². The zero-order valence-corrected chi connectivity index (χ0v) is 13.2. The van der Waals surface area contributed by atoms with Crippen LogP contribution in [0, 0.1) is 15.5 Å². The summed E-state index contributed by atoms with van der Waals surface area (Å²) in [7, 11) is 0. The number of nitro benzene ring substituents is 1. The number of thioether (sulfide) groups is 1. The number of rotatable bonds is 5. The molecule has 0 bridgehead atoms. The Morgan fingerprint density at radius 2 is 2.09 bits per heavy atom. The van der Waals surface area contributed by atoms with E-state index < -0.39 is 10.3 Å². The van der Waals surface area contributed by atoms with Crippen molar-refractivity contribution in [3.8, 4) is 11.5 Å². The van der Waals surface area contributed by atoms with Crippen molar-refractivity contribution in [1.29, 1.82) is 0 Å². The Morgan fingerprint density at radius 1 is 1.36 bits per heavy atom. The molecule has 0 spiro atoms. The second kappa shape index (κ2) is 6.27. The van der Waals surface area contributed by atoms with Gasteiger partial charge in [0, 0.05) is 23.1 Å². The molecule has 8 heteroatoms. The van der Waals surface area contributed by atoms with Crippen molar-refractivity contribution in [2.75, 3.05) is 5.75 Å². The van der Waals surface area contributed by atoms with Gasteiger partial charge in [-0.15, -0.1) is 10.2 Å². The first-order valence-electron chi connectivity index (χ1n) is 6.52. The molecule has 0 saturated carbocycles. The van der Waals surface area contributed by atoms with Gasteiger partial charge in [-0.1, -0.05) is 38.6 Å². The number of hydrogen-bond acceptors (Lipinski definition) is 7. The summed E-state index contributed by atoms with van der Waals surface area (Å²) in [5, 5.41) is 18.7. The van der Waals surface area contributed by atoms with E-state index in [1.807, 2.05) is 20.8 Å². The lowest BCUT2D eigenvalue weighted by atomic mass is 9.92. The third-order valence-electron chi connectivity index (χ3n) is 2.87. The first-order chi connectivity index (χ1) is 10.3. The lowest BCUT2D eigenvalue weighted by Gasteiger charge is -2.14. The first-order valence-corrected chi connectivity index (χ1v) is 7.50. The Balaban J connectivity index is 2.10. The molecule has 1 aromatic carbocycles. The molecular weight excluding hydrogens is 306 g/mol. The standard InChI is InChI=1S/C14H15N3O4S/c1-14(2,3)11(18)8-22-13-16-15-12(21-13)9-5-4-6-10(7-9)17(19)20/h4-7H,8H2,1-3H3. The Morgan fingerprint density at radius 3 is 2.73 bits per heavy atom. The van der Waals surface area contributed by atoms with Gasteiger partial charge >= 0.3 is 0 Å². The number of carbonyl (C=O) groups excluding carboxylic acids is 1. The van der Waals surface area contributed by atoms with Crippen LogP contribution in [0.25, 0.3) is 11.5 Å². The predicted molar refractivity (Wildman–Crippen MR) is 81.6 cm³/mol. The van der Waals surface area contributed by atoms with Crippen molar-refractivity contribution >= 4 is 23.2 Å². The molecule has 0 atom stereocenters. The van der Waals surface area contributed by atoms with Gasteiger partial charge in [0.15, 0.2) is 0 Å². The molecule has 0 aliphatic carbocycles. The third-order valence-corrected chi connectivity index (χ3v) is 3.69. The Labute approximate surface area is 131 Å². The van der Waals surface area contributed by atoms with Crippen molar-refractivity contribution in [1.82, 2.24) is 10.2 Å². The minimum absolute atomic E-state index is 0.0483. The second-order valence-corrected chi connectivity index (χ2v) is 6.57. The van der Waals surface area contributed by atoms with Crippen molar-refractivity contribution in [2.45, 2.75) is 26.0 Å². The highest BCUT2D eigenvalue weighted by atomic mass is 32.2. The largest absolute Gasteiger partial charge is 0.411 e. The highest BCUT2D eigenvalue weighted by molar-refractivity contribution is 7.99. The molecule has 2 aromatic rings. The average molecular weight is 321 g/mol. The van der Waals surface area contributed by atoms with Crippen LogP contribution in [-0.2, 0) is 4.79 Å². The van der Waals surface area contributed by atoms with Crippen LogP contribution in [0.3, 0.4) is 0 Å². The Hall–Kier alpha value is -2.22. The van der Waals surface area contributed by atoms with Gasteiger partial charge in [-0.2, -0.15) is 0 Å². The maximum absolute atomic E-state index is 11.8. The molecule has 22 heavy (non-hydrogen) atoms. The van der Waals surface area contributed by atoms with Crippen molar-refractivity contribution in [3.63, 3.8) is 0 Å². The van der Waals surface area contributed by atoms with Crippen molar-refractivity contribution in [3.05, 3.63) is 34.4 Å². The van der Waals surface area contributed by atoms with Crippen LogP contribution in [0.2, 0.25) is 0 Å². The van der Waals surface area contributed by atoms with E-state index in [-0.39, 0.29) is 28.3 Å². The molecule has 1 aromatic heterocycles. The summed E-state index contributed by atoms with van der Waals surface area (Å²) in [4.78, 5) is 22.1. The second-order valence-electron chi connectivity index (χ2n) is 5.64. The van der Waals surface area contributed by atoms with Gasteiger partial charge < -0.3 is 4.42 Å². The van der Waals surface area contributed by atoms with E-state index in [4.69, 9.17) is 4.42 Å². The average Bonchev–Trinajstić information content (AvgIpc) is 2.92. The van der Waals surface area contributed by atoms with Gasteiger partial charge in [0.2, 0.25) is 5.89 Å². The monoisotopic (exact) mass is 321 g/mol. The van der Waals surface area contributed by atoms with E-state index in [2.05, 4.69) is 10.2 Å². The SMILES string of the molecule is CC(C)(C)C(=O)CSc1nnc(-c2cccc([N+](=O)[O-])c2)o1. The maximum atomic E-state index is 11.8. The summed E-state index contributed by atoms with van der Waals surface area (Å²) >= 11 is 1.16. The van der Waals surface area contributed by atoms with Gasteiger partial charge in [0.25, 0.3) is 10.9 Å². The van der Waals surface area contributed by atoms with Crippen molar-refractivity contribution < 1.29 is 14.1 Å². The van der Waals surface area contributed by atoms with Gasteiger partial charge in [0.05, 0.1) is 10.7 Å². The zero-order chi connectivity index (χ0) is 16.3. The molecule has 0 radical (unpaired) electrons. The van der Waals surface area contributed by atoms with E-state index in [0.29, 0.717) is 5.56 Å². The molecule has 0 fully saturated rings. The van der Waals surface area contributed by atoms with E-state index >= 15 is 0 Å². The molecule has 0 unspecified atom stereocenters. The van der Waals surface area contributed by atoms with Gasteiger partial charge in [-0.3, -0.25) is 14.9 Å². The molecule has 0 saturated heterocycles. The molecule has 0 amide bonds. The Bertz CT molecular complexity index is 706. The number of ketones is 1. The molecule has 0 aliphatic rings. The number of nitrogens with zero attached hydrogens (tertiary/aromatic N) is 3. The number of nitro groups is 1. The maximum Gasteiger partial charge on any atom is 0.277 e. The fourth-order valence-electron chi connectivity index (χ4n) is 1.48. The summed E-state index contributed by atoms with van der Waals surface area (Å²) in [5.74, 6) is 0.502. The fourth-order valence-corrected chi connectivity index (χ4v) is 2.41. The summed E-state index contributed by atoms with van der Waals surface area (Å²) < 4.78 is 5.43. The number of benzene rings is 1. The summed E-state index contributed by atoms with van der Waals surface area (Å²) in [5.41, 5.74) is -0.000823. The Kier molecular flexibility index (Phi) is 4.60. The van der Waals surface area contributed by atoms with Gasteiger partial charge in [0.1, 0.15) is 5.78 Å². The first kappa shape index (κ1) is 16.2. The molecule has 1 heterocycles. The van der Waals surface area contributed by atoms with Crippen LogP contribution < -0.4 is 0 Å². The smallest absolute Gasteiger partial charge is 0.277 e. The molecular formula is C14H15N3O4S. The van der Waals surface area contributed by atoms with Gasteiger partial charge in [-0.05, 0) is 6.07 Å². The number of non-ortho nitro benzene ring substituents is 1. The fraction of sp³-hybridized carbons (Fsp3) is 0.357. The number of carbonyl (C=O) groups is 1. The lowest BCUT2D eigenvalue weighted by molar-refractivity contribution is -0.384. The summed E-state index contributed by atoms with van der Waals surface area (Å²) in [6, 6.07) is 5.95. The van der Waals surface area contributed by atoms with Crippen LogP contribution in [-0.4, -0.2) is 26.7 Å². The van der Waals surface area contributed by atoms with Crippen molar-refractivity contribution in [2.24, 2.45) is 5.41 Å². The van der Waals surface area contributed by atoms with E-state index in [1.165, 1.54) is 12.1 Å². The van der Waals surface area contributed by atoms with Crippen LogP contribution in [0.5, 0.6) is 0 Å². The topological polar surface area (TPSA) is 99.1 Å². The highest BCUT2D eigenvalue weighted by Crippen LogP contribution is 2.27.